The van der Waals surface area contributed by atoms with Gasteiger partial charge in [-0.2, -0.15) is 0 Å². The Labute approximate surface area is 77.6 Å². The Morgan fingerprint density at radius 2 is 1.18 bits per heavy atom. The fourth-order valence-corrected chi connectivity index (χ4v) is 0.500. The van der Waals surface area contributed by atoms with Crippen molar-refractivity contribution in [2.45, 2.75) is 59.5 Å². The summed E-state index contributed by atoms with van der Waals surface area (Å²) in [6.07, 6.45) is 5.37. The van der Waals surface area contributed by atoms with Crippen LogP contribution in [-0.4, -0.2) is 11.2 Å². The molecule has 1 N–H and O–H groups in total. The van der Waals surface area contributed by atoms with E-state index in [1.165, 1.54) is 25.7 Å². The Balaban J connectivity index is -0.000000114. The molecule has 0 aliphatic rings. The van der Waals surface area contributed by atoms with E-state index in [0.29, 0.717) is 0 Å². The Hall–Kier alpha value is 0.250. The van der Waals surface area contributed by atoms with Crippen molar-refractivity contribution >= 4 is 12.4 Å². The zero-order chi connectivity index (χ0) is 8.41. The molecule has 0 saturated heterocycles. The molecule has 0 rings (SSSR count). The van der Waals surface area contributed by atoms with E-state index in [2.05, 4.69) is 13.8 Å². The van der Waals surface area contributed by atoms with Crippen LogP contribution in [0.15, 0.2) is 0 Å². The SMILES string of the molecule is CC(C)O.CCCCCC.Cl. The number of aliphatic hydroxyl groups is 1. The summed E-state index contributed by atoms with van der Waals surface area (Å²) in [5.74, 6) is 0. The van der Waals surface area contributed by atoms with Gasteiger partial charge in [-0.05, 0) is 13.8 Å². The molecule has 0 atom stereocenters. The number of aliphatic hydroxyl groups excluding tert-OH is 1. The van der Waals surface area contributed by atoms with Crippen LogP contribution >= 0.6 is 12.4 Å². The van der Waals surface area contributed by atoms with Crippen LogP contribution in [-0.2, 0) is 0 Å². The normalized spacial score (nSPS) is 8.18. The molecule has 2 heteroatoms. The molecular formula is C9H23ClO. The third kappa shape index (κ3) is 66.0. The lowest BCUT2D eigenvalue weighted by Gasteiger charge is -1.86. The van der Waals surface area contributed by atoms with Gasteiger partial charge in [-0.1, -0.05) is 39.5 Å². The van der Waals surface area contributed by atoms with Gasteiger partial charge in [0.05, 0.1) is 0 Å². The maximum absolute atomic E-state index is 8.06. The average molecular weight is 183 g/mol. The largest absolute Gasteiger partial charge is 0.394 e. The van der Waals surface area contributed by atoms with Crippen molar-refractivity contribution in [3.8, 4) is 0 Å². The molecule has 0 aromatic carbocycles. The molecule has 0 bridgehead atoms. The Kier molecular flexibility index (Phi) is 26.3. The summed E-state index contributed by atoms with van der Waals surface area (Å²) in [6.45, 7) is 7.91. The molecule has 0 radical (unpaired) electrons. The Morgan fingerprint density at radius 1 is 1.00 bits per heavy atom. The second-order valence-corrected chi connectivity index (χ2v) is 2.80. The summed E-state index contributed by atoms with van der Waals surface area (Å²) in [4.78, 5) is 0. The second kappa shape index (κ2) is 16.7. The number of unbranched alkanes of at least 4 members (excludes halogenated alkanes) is 3. The zero-order valence-electron chi connectivity index (χ0n) is 8.26. The van der Waals surface area contributed by atoms with Gasteiger partial charge < -0.3 is 5.11 Å². The van der Waals surface area contributed by atoms with Crippen molar-refractivity contribution in [1.82, 2.24) is 0 Å². The smallest absolute Gasteiger partial charge is 0.0483 e. The molecular weight excluding hydrogens is 160 g/mol. The molecule has 0 aliphatic heterocycles. The molecule has 0 aromatic heterocycles. The third-order valence-corrected chi connectivity index (χ3v) is 0.957. The minimum Gasteiger partial charge on any atom is -0.394 e. The van der Waals surface area contributed by atoms with Crippen LogP contribution in [0.1, 0.15) is 53.4 Å². The van der Waals surface area contributed by atoms with E-state index in [0.717, 1.165) is 0 Å². The molecule has 0 aliphatic carbocycles. The van der Waals surface area contributed by atoms with Crippen molar-refractivity contribution in [2.75, 3.05) is 0 Å². The van der Waals surface area contributed by atoms with Gasteiger partial charge >= 0.3 is 0 Å². The first-order chi connectivity index (χ1) is 4.65. The standard InChI is InChI=1S/C6H14.C3H8O.ClH/c1-3-5-6-4-2;1-3(2)4;/h3-6H2,1-2H3;3-4H,1-2H3;1H. The van der Waals surface area contributed by atoms with Crippen molar-refractivity contribution in [3.63, 3.8) is 0 Å². The van der Waals surface area contributed by atoms with Gasteiger partial charge in [-0.25, -0.2) is 0 Å². The predicted molar refractivity (Wildman–Crippen MR) is 54.4 cm³/mol. The van der Waals surface area contributed by atoms with Crippen molar-refractivity contribution < 1.29 is 5.11 Å². The van der Waals surface area contributed by atoms with Gasteiger partial charge in [0, 0.05) is 6.10 Å². The lowest BCUT2D eigenvalue weighted by Crippen LogP contribution is -1.85. The van der Waals surface area contributed by atoms with Crippen molar-refractivity contribution in [1.29, 1.82) is 0 Å². The van der Waals surface area contributed by atoms with Gasteiger partial charge in [0.2, 0.25) is 0 Å². The van der Waals surface area contributed by atoms with Crippen molar-refractivity contribution in [3.05, 3.63) is 0 Å². The molecule has 0 aromatic rings. The highest BCUT2D eigenvalue weighted by molar-refractivity contribution is 5.85. The Bertz CT molecular complexity index is 40.1. The highest BCUT2D eigenvalue weighted by Gasteiger charge is 1.75. The van der Waals surface area contributed by atoms with Gasteiger partial charge in [-0.3, -0.25) is 0 Å². The van der Waals surface area contributed by atoms with Crippen LogP contribution in [0.4, 0.5) is 0 Å². The first-order valence-electron chi connectivity index (χ1n) is 4.33. The predicted octanol–water partition coefficient (Wildman–Crippen LogP) is 3.40. The summed E-state index contributed by atoms with van der Waals surface area (Å²) in [5.41, 5.74) is 0. The summed E-state index contributed by atoms with van der Waals surface area (Å²) >= 11 is 0. The maximum atomic E-state index is 8.06. The van der Waals surface area contributed by atoms with Crippen LogP contribution < -0.4 is 0 Å². The molecule has 0 fully saturated rings. The van der Waals surface area contributed by atoms with Crippen LogP contribution in [0.5, 0.6) is 0 Å². The molecule has 11 heavy (non-hydrogen) atoms. The summed E-state index contributed by atoms with van der Waals surface area (Å²) < 4.78 is 0. The van der Waals surface area contributed by atoms with E-state index < -0.39 is 0 Å². The van der Waals surface area contributed by atoms with E-state index in [1.807, 2.05) is 0 Å². The van der Waals surface area contributed by atoms with E-state index in [9.17, 15) is 0 Å². The minimum atomic E-state index is -0.167. The molecule has 0 amide bonds. The fourth-order valence-electron chi connectivity index (χ4n) is 0.500. The van der Waals surface area contributed by atoms with Crippen LogP contribution in [0, 0.1) is 0 Å². The molecule has 0 saturated carbocycles. The number of rotatable bonds is 3. The van der Waals surface area contributed by atoms with Gasteiger partial charge in [0.1, 0.15) is 0 Å². The molecule has 1 nitrogen and oxygen atoms in total. The second-order valence-electron chi connectivity index (χ2n) is 2.80. The van der Waals surface area contributed by atoms with Gasteiger partial charge in [0.15, 0.2) is 0 Å². The molecule has 0 unspecified atom stereocenters. The highest BCUT2D eigenvalue weighted by atomic mass is 35.5. The number of hydrogen-bond acceptors (Lipinski definition) is 1. The lowest BCUT2D eigenvalue weighted by molar-refractivity contribution is 0.216. The number of hydrogen-bond donors (Lipinski definition) is 1. The van der Waals surface area contributed by atoms with E-state index in [-0.39, 0.29) is 18.5 Å². The van der Waals surface area contributed by atoms with E-state index in [4.69, 9.17) is 5.11 Å². The average Bonchev–Trinajstić information content (AvgIpc) is 1.82. The summed E-state index contributed by atoms with van der Waals surface area (Å²) in [7, 11) is 0. The van der Waals surface area contributed by atoms with Crippen LogP contribution in [0.25, 0.3) is 0 Å². The summed E-state index contributed by atoms with van der Waals surface area (Å²) in [5, 5.41) is 8.06. The van der Waals surface area contributed by atoms with E-state index in [1.54, 1.807) is 13.8 Å². The number of halogens is 1. The lowest BCUT2D eigenvalue weighted by atomic mass is 10.2. The minimum absolute atomic E-state index is 0. The van der Waals surface area contributed by atoms with Crippen LogP contribution in [0.3, 0.4) is 0 Å². The van der Waals surface area contributed by atoms with E-state index >= 15 is 0 Å². The van der Waals surface area contributed by atoms with Crippen molar-refractivity contribution in [2.24, 2.45) is 0 Å². The first-order valence-corrected chi connectivity index (χ1v) is 4.33. The topological polar surface area (TPSA) is 20.2 Å². The fraction of sp³-hybridized carbons (Fsp3) is 1.00. The zero-order valence-corrected chi connectivity index (χ0v) is 9.08. The molecule has 0 spiro atoms. The monoisotopic (exact) mass is 182 g/mol. The third-order valence-electron chi connectivity index (χ3n) is 0.957. The molecule has 72 valence electrons. The van der Waals surface area contributed by atoms with Crippen LogP contribution in [0.2, 0.25) is 0 Å². The quantitative estimate of drug-likeness (QED) is 0.664. The summed E-state index contributed by atoms with van der Waals surface area (Å²) in [6, 6.07) is 0. The first kappa shape index (κ1) is 17.4. The van der Waals surface area contributed by atoms with Gasteiger partial charge in [0.25, 0.3) is 0 Å². The maximum Gasteiger partial charge on any atom is 0.0483 e. The molecule has 0 heterocycles. The van der Waals surface area contributed by atoms with Gasteiger partial charge in [-0.15, -0.1) is 12.4 Å². The Morgan fingerprint density at radius 3 is 1.27 bits per heavy atom. The highest BCUT2D eigenvalue weighted by Crippen LogP contribution is 1.95.